The topological polar surface area (TPSA) is 99.0 Å². The first-order valence-corrected chi connectivity index (χ1v) is 4.60. The number of hydrogen-bond acceptors (Lipinski definition) is 6. The van der Waals surface area contributed by atoms with Gasteiger partial charge in [-0.2, -0.15) is 0 Å². The number of rotatable bonds is 6. The van der Waals surface area contributed by atoms with E-state index in [9.17, 15) is 15.0 Å². The van der Waals surface area contributed by atoms with Crippen molar-refractivity contribution in [2.45, 2.75) is 25.0 Å². The van der Waals surface area contributed by atoms with Gasteiger partial charge in [0.05, 0.1) is 19.3 Å². The van der Waals surface area contributed by atoms with Gasteiger partial charge in [-0.25, -0.2) is 4.79 Å². The zero-order chi connectivity index (χ0) is 12.1. The smallest absolute Gasteiger partial charge is 0.338 e. The van der Waals surface area contributed by atoms with Crippen LogP contribution in [0.2, 0.25) is 0 Å². The van der Waals surface area contributed by atoms with Crippen molar-refractivity contribution in [3.8, 4) is 0 Å². The zero-order valence-electron chi connectivity index (χ0n) is 9.28. The van der Waals surface area contributed by atoms with Crippen molar-refractivity contribution in [3.63, 3.8) is 0 Å². The van der Waals surface area contributed by atoms with E-state index in [0.717, 1.165) is 0 Å². The largest absolute Gasteiger partial charge is 0.467 e. The molecular formula is C9H19NO5. The molecule has 2 atom stereocenters. The summed E-state index contributed by atoms with van der Waals surface area (Å²) in [5, 5.41) is 30.4. The SMILES string of the molecule is COC(=O)C(C)(O)CNCC(C)(O)CO. The molecular weight excluding hydrogens is 202 g/mol. The predicted molar refractivity (Wildman–Crippen MR) is 53.2 cm³/mol. The zero-order valence-corrected chi connectivity index (χ0v) is 9.28. The molecule has 15 heavy (non-hydrogen) atoms. The van der Waals surface area contributed by atoms with Crippen LogP contribution in [-0.4, -0.2) is 59.3 Å². The monoisotopic (exact) mass is 221 g/mol. The molecule has 0 heterocycles. The molecule has 4 N–H and O–H groups in total. The van der Waals surface area contributed by atoms with Gasteiger partial charge in [0.15, 0.2) is 5.60 Å². The molecule has 0 fully saturated rings. The lowest BCUT2D eigenvalue weighted by Crippen LogP contribution is -2.50. The van der Waals surface area contributed by atoms with E-state index in [1.54, 1.807) is 0 Å². The fraction of sp³-hybridized carbons (Fsp3) is 0.889. The van der Waals surface area contributed by atoms with E-state index in [0.29, 0.717) is 0 Å². The number of nitrogens with one attached hydrogen (secondary N) is 1. The first kappa shape index (κ1) is 14.3. The molecule has 2 unspecified atom stereocenters. The number of aliphatic hydroxyl groups is 3. The fourth-order valence-corrected chi connectivity index (χ4v) is 0.923. The van der Waals surface area contributed by atoms with Crippen LogP contribution in [0.25, 0.3) is 0 Å². The number of methoxy groups -OCH3 is 1. The van der Waals surface area contributed by atoms with Crippen LogP contribution in [0, 0.1) is 0 Å². The highest BCUT2D eigenvalue weighted by Gasteiger charge is 2.31. The Labute approximate surface area is 88.9 Å². The average molecular weight is 221 g/mol. The molecule has 0 aliphatic heterocycles. The van der Waals surface area contributed by atoms with Gasteiger partial charge in [-0.1, -0.05) is 0 Å². The quantitative estimate of drug-likeness (QED) is 0.397. The van der Waals surface area contributed by atoms with E-state index in [1.165, 1.54) is 21.0 Å². The van der Waals surface area contributed by atoms with Crippen molar-refractivity contribution in [3.05, 3.63) is 0 Å². The number of esters is 1. The van der Waals surface area contributed by atoms with Crippen molar-refractivity contribution in [1.82, 2.24) is 5.32 Å². The highest BCUT2D eigenvalue weighted by atomic mass is 16.5. The Balaban J connectivity index is 4.00. The first-order valence-electron chi connectivity index (χ1n) is 4.60. The van der Waals surface area contributed by atoms with Crippen LogP contribution in [0.3, 0.4) is 0 Å². The third-order valence-electron chi connectivity index (χ3n) is 1.94. The lowest BCUT2D eigenvalue weighted by Gasteiger charge is -2.25. The van der Waals surface area contributed by atoms with Crippen LogP contribution in [0.5, 0.6) is 0 Å². The normalized spacial score (nSPS) is 19.1. The van der Waals surface area contributed by atoms with Crippen molar-refractivity contribution < 1.29 is 24.9 Å². The van der Waals surface area contributed by atoms with Crippen LogP contribution in [0.4, 0.5) is 0 Å². The van der Waals surface area contributed by atoms with Gasteiger partial charge in [-0.15, -0.1) is 0 Å². The minimum Gasteiger partial charge on any atom is -0.467 e. The van der Waals surface area contributed by atoms with Gasteiger partial charge in [0, 0.05) is 13.1 Å². The van der Waals surface area contributed by atoms with Gasteiger partial charge in [0.1, 0.15) is 0 Å². The van der Waals surface area contributed by atoms with Crippen molar-refractivity contribution in [2.24, 2.45) is 0 Å². The Bertz CT molecular complexity index is 215. The summed E-state index contributed by atoms with van der Waals surface area (Å²) in [7, 11) is 1.18. The minimum absolute atomic E-state index is 0.0597. The summed E-state index contributed by atoms with van der Waals surface area (Å²) in [5.74, 6) is -0.751. The highest BCUT2D eigenvalue weighted by Crippen LogP contribution is 2.05. The summed E-state index contributed by atoms with van der Waals surface area (Å²) in [6.45, 7) is 2.35. The number of carbonyl (C=O) groups excluding carboxylic acids is 1. The van der Waals surface area contributed by atoms with E-state index < -0.39 is 23.8 Å². The molecule has 0 spiro atoms. The van der Waals surface area contributed by atoms with Crippen LogP contribution in [0.1, 0.15) is 13.8 Å². The molecule has 0 aromatic rings. The molecule has 0 rings (SSSR count). The van der Waals surface area contributed by atoms with Gasteiger partial charge in [0.2, 0.25) is 0 Å². The van der Waals surface area contributed by atoms with E-state index in [1.807, 2.05) is 0 Å². The van der Waals surface area contributed by atoms with Crippen molar-refractivity contribution in [2.75, 3.05) is 26.8 Å². The molecule has 6 nitrogen and oxygen atoms in total. The van der Waals surface area contributed by atoms with Crippen molar-refractivity contribution in [1.29, 1.82) is 0 Å². The average Bonchev–Trinajstić information content (AvgIpc) is 2.16. The highest BCUT2D eigenvalue weighted by molar-refractivity contribution is 5.78. The predicted octanol–water partition coefficient (Wildman–Crippen LogP) is -1.76. The molecule has 90 valence electrons. The summed E-state index contributed by atoms with van der Waals surface area (Å²) in [4.78, 5) is 11.0. The molecule has 0 aromatic heterocycles. The molecule has 0 amide bonds. The van der Waals surface area contributed by atoms with E-state index in [-0.39, 0.29) is 13.1 Å². The number of carbonyl (C=O) groups is 1. The second kappa shape index (κ2) is 5.41. The third-order valence-corrected chi connectivity index (χ3v) is 1.94. The maximum Gasteiger partial charge on any atom is 0.338 e. The Morgan fingerprint density at radius 3 is 2.27 bits per heavy atom. The van der Waals surface area contributed by atoms with Gasteiger partial charge in [-0.3, -0.25) is 0 Å². The van der Waals surface area contributed by atoms with Crippen LogP contribution < -0.4 is 5.32 Å². The lowest BCUT2D eigenvalue weighted by atomic mass is 10.1. The molecule has 0 aliphatic rings. The summed E-state index contributed by atoms with van der Waals surface area (Å²) in [6.07, 6.45) is 0. The van der Waals surface area contributed by atoms with Crippen LogP contribution in [-0.2, 0) is 9.53 Å². The Kier molecular flexibility index (Phi) is 5.16. The second-order valence-electron chi connectivity index (χ2n) is 4.02. The third kappa shape index (κ3) is 5.08. The number of hydrogen-bond donors (Lipinski definition) is 4. The molecule has 0 bridgehead atoms. The Morgan fingerprint density at radius 1 is 1.33 bits per heavy atom. The van der Waals surface area contributed by atoms with E-state index in [2.05, 4.69) is 10.1 Å². The van der Waals surface area contributed by atoms with Gasteiger partial charge in [-0.05, 0) is 13.8 Å². The number of aliphatic hydroxyl groups excluding tert-OH is 1. The maximum absolute atomic E-state index is 11.0. The number of ether oxygens (including phenoxy) is 1. The molecule has 0 saturated heterocycles. The minimum atomic E-state index is -1.64. The van der Waals surface area contributed by atoms with Crippen molar-refractivity contribution >= 4 is 5.97 Å². The van der Waals surface area contributed by atoms with Gasteiger partial charge < -0.3 is 25.4 Å². The molecule has 6 heteroatoms. The Morgan fingerprint density at radius 2 is 1.87 bits per heavy atom. The summed E-state index contributed by atoms with van der Waals surface area (Å²) in [5.41, 5.74) is -2.91. The fourth-order valence-electron chi connectivity index (χ4n) is 0.923. The summed E-state index contributed by atoms with van der Waals surface area (Å²) < 4.78 is 4.38. The first-order chi connectivity index (χ1) is 6.75. The molecule has 0 radical (unpaired) electrons. The lowest BCUT2D eigenvalue weighted by molar-refractivity contribution is -0.160. The van der Waals surface area contributed by atoms with Gasteiger partial charge in [0.25, 0.3) is 0 Å². The van der Waals surface area contributed by atoms with Crippen LogP contribution in [0.15, 0.2) is 0 Å². The summed E-state index contributed by atoms with van der Waals surface area (Å²) in [6, 6.07) is 0. The van der Waals surface area contributed by atoms with E-state index >= 15 is 0 Å². The molecule has 0 aliphatic carbocycles. The van der Waals surface area contributed by atoms with Gasteiger partial charge >= 0.3 is 5.97 Å². The van der Waals surface area contributed by atoms with E-state index in [4.69, 9.17) is 5.11 Å². The molecule has 0 saturated carbocycles. The maximum atomic E-state index is 11.0. The Hall–Kier alpha value is -0.690. The standard InChI is InChI=1S/C9H19NO5/c1-8(13,6-11)4-10-5-9(2,14)7(12)15-3/h10-11,13-14H,4-6H2,1-3H3. The molecule has 0 aromatic carbocycles. The van der Waals surface area contributed by atoms with Crippen LogP contribution >= 0.6 is 0 Å². The second-order valence-corrected chi connectivity index (χ2v) is 4.02. The summed E-state index contributed by atoms with van der Waals surface area (Å²) >= 11 is 0.